The first-order valence-electron chi connectivity index (χ1n) is 14.3. The Kier molecular flexibility index (Phi) is 7.05. The van der Waals surface area contributed by atoms with Crippen LogP contribution in [0.4, 0.5) is 10.5 Å². The number of nitrogens with zero attached hydrogens (tertiary/aromatic N) is 7. The lowest BCUT2D eigenvalue weighted by molar-refractivity contribution is -0.134. The van der Waals surface area contributed by atoms with E-state index < -0.39 is 11.6 Å². The number of likely N-dealkylation sites (tertiary alicyclic amines) is 1. The molecule has 1 saturated carbocycles. The molecule has 1 spiro atoms. The third-order valence-corrected chi connectivity index (χ3v) is 9.10. The summed E-state index contributed by atoms with van der Waals surface area (Å²) < 4.78 is 2.19. The van der Waals surface area contributed by atoms with Gasteiger partial charge in [-0.25, -0.2) is 14.8 Å². The third-order valence-electron chi connectivity index (χ3n) is 9.10. The lowest BCUT2D eigenvalue weighted by atomic mass is 9.85. The van der Waals surface area contributed by atoms with E-state index in [-0.39, 0.29) is 11.7 Å². The van der Waals surface area contributed by atoms with Crippen LogP contribution in [0.2, 0.25) is 0 Å². The second-order valence-electron chi connectivity index (χ2n) is 11.4. The number of carbonyl (C=O) groups is 2. The van der Waals surface area contributed by atoms with Crippen LogP contribution in [0, 0.1) is 17.2 Å². The fourth-order valence-electron chi connectivity index (χ4n) is 6.90. The van der Waals surface area contributed by atoms with Gasteiger partial charge in [-0.1, -0.05) is 50.3 Å². The van der Waals surface area contributed by atoms with Crippen LogP contribution in [0.1, 0.15) is 62.9 Å². The second kappa shape index (κ2) is 10.8. The van der Waals surface area contributed by atoms with Crippen molar-refractivity contribution in [1.82, 2.24) is 24.3 Å². The van der Waals surface area contributed by atoms with Gasteiger partial charge in [0, 0.05) is 42.6 Å². The first kappa shape index (κ1) is 26.1. The molecule has 1 N–H and O–H groups in total. The van der Waals surface area contributed by atoms with Crippen molar-refractivity contribution in [3.63, 3.8) is 0 Å². The molecule has 2 aliphatic heterocycles. The number of aromatic nitrogens is 3. The number of hydrogen-bond donors (Lipinski definition) is 1. The summed E-state index contributed by atoms with van der Waals surface area (Å²) in [6.07, 6.45) is 9.08. The molecule has 6 rings (SSSR count). The average molecular weight is 542 g/mol. The minimum atomic E-state index is -0.941. The zero-order valence-electron chi connectivity index (χ0n) is 22.7. The Morgan fingerprint density at radius 3 is 2.58 bits per heavy atom. The van der Waals surface area contributed by atoms with Crippen LogP contribution >= 0.6 is 0 Å². The van der Waals surface area contributed by atoms with Crippen LogP contribution in [-0.4, -0.2) is 66.7 Å². The van der Waals surface area contributed by atoms with Gasteiger partial charge in [-0.2, -0.15) is 5.26 Å². The third kappa shape index (κ3) is 4.74. The number of benzene rings is 1. The molecule has 208 valence electrons. The van der Waals surface area contributed by atoms with Gasteiger partial charge < -0.3 is 24.4 Å². The number of rotatable bonds is 6. The number of carbonyl (C=O) groups excluding carboxylic acids is 1. The molecule has 10 heteroatoms. The van der Waals surface area contributed by atoms with Crippen molar-refractivity contribution < 1.29 is 14.7 Å². The first-order chi connectivity index (χ1) is 19.5. The summed E-state index contributed by atoms with van der Waals surface area (Å²) in [5.41, 5.74) is 1.91. The monoisotopic (exact) mass is 541 g/mol. The van der Waals surface area contributed by atoms with Crippen molar-refractivity contribution in [2.75, 3.05) is 24.7 Å². The maximum absolute atomic E-state index is 14.2. The van der Waals surface area contributed by atoms with E-state index in [2.05, 4.69) is 31.6 Å². The molecular formula is C30H35N7O3. The minimum absolute atomic E-state index is 0.0364. The summed E-state index contributed by atoms with van der Waals surface area (Å²) in [6.45, 7) is 2.28. The maximum atomic E-state index is 14.2. The van der Waals surface area contributed by atoms with Gasteiger partial charge in [-0.05, 0) is 43.4 Å². The molecule has 0 atom stereocenters. The van der Waals surface area contributed by atoms with Crippen molar-refractivity contribution >= 4 is 28.7 Å². The quantitative estimate of drug-likeness (QED) is 0.485. The molecule has 4 heterocycles. The molecule has 0 bridgehead atoms. The van der Waals surface area contributed by atoms with Gasteiger partial charge in [-0.3, -0.25) is 4.79 Å². The summed E-state index contributed by atoms with van der Waals surface area (Å²) in [5, 5.41) is 19.8. The zero-order chi connectivity index (χ0) is 27.7. The molecule has 1 aromatic carbocycles. The van der Waals surface area contributed by atoms with Crippen LogP contribution in [0.3, 0.4) is 0 Å². The molecule has 10 nitrogen and oxygen atoms in total. The highest BCUT2D eigenvalue weighted by molar-refractivity contribution is 5.94. The normalized spacial score (nSPS) is 19.5. The highest BCUT2D eigenvalue weighted by Gasteiger charge is 2.54. The molecule has 2 amide bonds. The minimum Gasteiger partial charge on any atom is -0.465 e. The number of fused-ring (bicyclic) bond motifs is 1. The number of anilines is 1. The lowest BCUT2D eigenvalue weighted by Gasteiger charge is -2.42. The Labute approximate surface area is 233 Å². The van der Waals surface area contributed by atoms with E-state index in [1.807, 2.05) is 35.2 Å². The van der Waals surface area contributed by atoms with E-state index in [9.17, 15) is 20.0 Å². The fourth-order valence-corrected chi connectivity index (χ4v) is 6.90. The average Bonchev–Trinajstić information content (AvgIpc) is 3.46. The highest BCUT2D eigenvalue weighted by Crippen LogP contribution is 2.40. The van der Waals surface area contributed by atoms with Crippen molar-refractivity contribution in [3.8, 4) is 6.07 Å². The van der Waals surface area contributed by atoms with Gasteiger partial charge in [0.05, 0.1) is 13.2 Å². The van der Waals surface area contributed by atoms with Gasteiger partial charge in [-0.15, -0.1) is 0 Å². The van der Waals surface area contributed by atoms with E-state index in [0.29, 0.717) is 45.1 Å². The molecule has 1 aliphatic carbocycles. The number of piperidine rings is 1. The molecule has 2 aromatic heterocycles. The number of nitriles is 1. The van der Waals surface area contributed by atoms with Gasteiger partial charge in [0.25, 0.3) is 0 Å². The Morgan fingerprint density at radius 1 is 1.12 bits per heavy atom. The zero-order valence-corrected chi connectivity index (χ0v) is 22.7. The van der Waals surface area contributed by atoms with Crippen molar-refractivity contribution in [1.29, 1.82) is 5.26 Å². The number of hydrogen-bond acceptors (Lipinski definition) is 6. The summed E-state index contributed by atoms with van der Waals surface area (Å²) in [4.78, 5) is 40.1. The summed E-state index contributed by atoms with van der Waals surface area (Å²) in [7, 11) is 0. The number of aryl methyl sites for hydroxylation is 1. The highest BCUT2D eigenvalue weighted by atomic mass is 16.4. The molecule has 3 aliphatic rings. The molecule has 3 aromatic rings. The Bertz CT molecular complexity index is 1430. The van der Waals surface area contributed by atoms with Gasteiger partial charge >= 0.3 is 6.09 Å². The molecule has 0 radical (unpaired) electrons. The molecule has 40 heavy (non-hydrogen) atoms. The lowest BCUT2D eigenvalue weighted by Crippen LogP contribution is -2.57. The second-order valence-corrected chi connectivity index (χ2v) is 11.4. The van der Waals surface area contributed by atoms with E-state index in [0.717, 1.165) is 35.4 Å². The smallest absolute Gasteiger partial charge is 0.407 e. The van der Waals surface area contributed by atoms with Crippen LogP contribution in [0.5, 0.6) is 0 Å². The summed E-state index contributed by atoms with van der Waals surface area (Å²) >= 11 is 0. The largest absolute Gasteiger partial charge is 0.465 e. The summed E-state index contributed by atoms with van der Waals surface area (Å²) in [5.74, 6) is 0.864. The molecule has 0 unspecified atom stereocenters. The van der Waals surface area contributed by atoms with Gasteiger partial charge in [0.15, 0.2) is 0 Å². The SMILES string of the molecule is N#Cc1ncc2cc(CN3CN(c4ccccc4)C4(CCN(C(=O)O)CC4)C3=O)n(CCC3CCCCC3)c2n1. The molecule has 2 saturated heterocycles. The van der Waals surface area contributed by atoms with Crippen LogP contribution in [-0.2, 0) is 17.9 Å². The fraction of sp³-hybridized carbons (Fsp3) is 0.500. The number of amides is 2. The maximum Gasteiger partial charge on any atom is 0.407 e. The van der Waals surface area contributed by atoms with E-state index in [4.69, 9.17) is 0 Å². The molecular weight excluding hydrogens is 506 g/mol. The van der Waals surface area contributed by atoms with Crippen LogP contribution in [0.15, 0.2) is 42.6 Å². The van der Waals surface area contributed by atoms with Gasteiger partial charge in [0.2, 0.25) is 11.7 Å². The van der Waals surface area contributed by atoms with Crippen molar-refractivity contribution in [2.45, 2.75) is 70.0 Å². The Balaban J connectivity index is 1.32. The number of para-hydroxylation sites is 1. The van der Waals surface area contributed by atoms with Crippen LogP contribution < -0.4 is 4.90 Å². The first-order valence-corrected chi connectivity index (χ1v) is 14.3. The summed E-state index contributed by atoms with van der Waals surface area (Å²) in [6, 6.07) is 14.0. The number of carboxylic acid groups (broad SMARTS) is 1. The Hall–Kier alpha value is -4.13. The van der Waals surface area contributed by atoms with E-state index >= 15 is 0 Å². The molecule has 3 fully saturated rings. The topological polar surface area (TPSA) is 119 Å². The van der Waals surface area contributed by atoms with Gasteiger partial charge in [0.1, 0.15) is 17.3 Å². The standard InChI is InChI=1S/C30H35N7O3/c31-18-26-32-19-23-17-25(36(27(23)33-26)14-11-22-7-3-1-4-8-22)20-35-21-37(24-9-5-2-6-10-24)30(28(35)38)12-15-34(16-13-30)29(39)40/h2,5-6,9-10,17,19,22H,1,3-4,7-8,11-16,20-21H2,(H,39,40). The predicted octanol–water partition coefficient (Wildman–Crippen LogP) is 4.59. The predicted molar refractivity (Wildman–Crippen MR) is 149 cm³/mol. The Morgan fingerprint density at radius 2 is 1.88 bits per heavy atom. The van der Waals surface area contributed by atoms with E-state index in [1.165, 1.54) is 37.0 Å². The van der Waals surface area contributed by atoms with Crippen molar-refractivity contribution in [2.24, 2.45) is 5.92 Å². The van der Waals surface area contributed by atoms with Crippen LogP contribution in [0.25, 0.3) is 11.0 Å². The van der Waals surface area contributed by atoms with Crippen molar-refractivity contribution in [3.05, 3.63) is 54.1 Å². The van der Waals surface area contributed by atoms with E-state index in [1.54, 1.807) is 6.20 Å².